The van der Waals surface area contributed by atoms with Crippen LogP contribution >= 0.6 is 15.9 Å². The molecule has 0 radical (unpaired) electrons. The molecular formula is C16H25BrN2O. The summed E-state index contributed by atoms with van der Waals surface area (Å²) in [6.07, 6.45) is 12.2. The van der Waals surface area contributed by atoms with Crippen LogP contribution < -0.4 is 5.32 Å². The van der Waals surface area contributed by atoms with Crippen molar-refractivity contribution in [2.24, 2.45) is 0 Å². The Morgan fingerprint density at radius 1 is 1.30 bits per heavy atom. The Morgan fingerprint density at radius 3 is 2.55 bits per heavy atom. The van der Waals surface area contributed by atoms with Crippen LogP contribution in [0.2, 0.25) is 0 Å². The maximum absolute atomic E-state index is 6.02. The van der Waals surface area contributed by atoms with E-state index in [0.29, 0.717) is 6.04 Å². The first kappa shape index (κ1) is 15.9. The molecular weight excluding hydrogens is 316 g/mol. The van der Waals surface area contributed by atoms with Gasteiger partial charge in [0.1, 0.15) is 0 Å². The number of nitrogens with one attached hydrogen (secondary N) is 1. The summed E-state index contributed by atoms with van der Waals surface area (Å²) in [6.45, 7) is 0. The summed E-state index contributed by atoms with van der Waals surface area (Å²) < 4.78 is 7.06. The molecule has 1 fully saturated rings. The summed E-state index contributed by atoms with van der Waals surface area (Å²) in [4.78, 5) is 4.27. The molecule has 3 nitrogen and oxygen atoms in total. The molecule has 0 aliphatic heterocycles. The molecule has 1 aromatic rings. The summed E-state index contributed by atoms with van der Waals surface area (Å²) in [5, 5.41) is 3.49. The highest BCUT2D eigenvalue weighted by Gasteiger charge is 2.38. The highest BCUT2D eigenvalue weighted by Crippen LogP contribution is 2.34. The number of hydrogen-bond donors (Lipinski definition) is 1. The fourth-order valence-corrected chi connectivity index (χ4v) is 3.79. The monoisotopic (exact) mass is 340 g/mol. The van der Waals surface area contributed by atoms with Crippen LogP contribution in [0.4, 0.5) is 0 Å². The highest BCUT2D eigenvalue weighted by atomic mass is 79.9. The van der Waals surface area contributed by atoms with Gasteiger partial charge in [-0.1, -0.05) is 25.7 Å². The number of likely N-dealkylation sites (N-methyl/N-ethyl adjacent to an activating group) is 1. The van der Waals surface area contributed by atoms with E-state index in [4.69, 9.17) is 4.74 Å². The molecule has 0 bridgehead atoms. The Balaban J connectivity index is 2.16. The predicted octanol–water partition coefficient (Wildman–Crippen LogP) is 3.71. The quantitative estimate of drug-likeness (QED) is 0.829. The van der Waals surface area contributed by atoms with Crippen LogP contribution in [0, 0.1) is 0 Å². The second-order valence-corrected chi connectivity index (χ2v) is 6.66. The average Bonchev–Trinajstić information content (AvgIpc) is 2.71. The van der Waals surface area contributed by atoms with Crippen molar-refractivity contribution in [1.29, 1.82) is 0 Å². The number of hydrogen-bond acceptors (Lipinski definition) is 3. The number of pyridine rings is 1. The molecule has 1 unspecified atom stereocenters. The van der Waals surface area contributed by atoms with Crippen molar-refractivity contribution in [1.82, 2.24) is 10.3 Å². The van der Waals surface area contributed by atoms with Crippen molar-refractivity contribution in [3.63, 3.8) is 0 Å². The number of aromatic nitrogens is 1. The van der Waals surface area contributed by atoms with E-state index in [2.05, 4.69) is 32.3 Å². The number of ether oxygens (including phenoxy) is 1. The first-order chi connectivity index (χ1) is 9.70. The van der Waals surface area contributed by atoms with Gasteiger partial charge in [-0.15, -0.1) is 0 Å². The summed E-state index contributed by atoms with van der Waals surface area (Å²) in [6, 6.07) is 2.49. The smallest absolute Gasteiger partial charge is 0.0834 e. The Hall–Kier alpha value is -0.450. The molecule has 1 aliphatic rings. The summed E-state index contributed by atoms with van der Waals surface area (Å²) in [7, 11) is 3.91. The van der Waals surface area contributed by atoms with E-state index in [0.717, 1.165) is 23.7 Å². The lowest BCUT2D eigenvalue weighted by Crippen LogP contribution is -2.52. The largest absolute Gasteiger partial charge is 0.377 e. The zero-order valence-corrected chi connectivity index (χ0v) is 14.1. The lowest BCUT2D eigenvalue weighted by atomic mass is 9.83. The molecule has 2 rings (SSSR count). The SMILES string of the molecule is CNC(Cc1cncc(Br)c1)C1(OC)CCCCCC1. The third-order valence-electron chi connectivity index (χ3n) is 4.54. The second-order valence-electron chi connectivity index (χ2n) is 5.74. The van der Waals surface area contributed by atoms with Gasteiger partial charge in [-0.25, -0.2) is 0 Å². The molecule has 0 spiro atoms. The molecule has 0 amide bonds. The topological polar surface area (TPSA) is 34.2 Å². The zero-order chi connectivity index (χ0) is 14.4. The number of nitrogens with zero attached hydrogens (tertiary/aromatic N) is 1. The number of rotatable bonds is 5. The third kappa shape index (κ3) is 3.80. The molecule has 1 saturated carbocycles. The minimum Gasteiger partial charge on any atom is -0.377 e. The van der Waals surface area contributed by atoms with Gasteiger partial charge in [-0.2, -0.15) is 0 Å². The normalized spacial score (nSPS) is 20.4. The first-order valence-corrected chi connectivity index (χ1v) is 8.31. The number of halogens is 1. The molecule has 0 aromatic carbocycles. The molecule has 1 N–H and O–H groups in total. The fraction of sp³-hybridized carbons (Fsp3) is 0.688. The first-order valence-electron chi connectivity index (χ1n) is 7.52. The lowest BCUT2D eigenvalue weighted by Gasteiger charge is -2.39. The molecule has 1 aromatic heterocycles. The lowest BCUT2D eigenvalue weighted by molar-refractivity contribution is -0.0509. The van der Waals surface area contributed by atoms with Gasteiger partial charge < -0.3 is 10.1 Å². The maximum Gasteiger partial charge on any atom is 0.0834 e. The van der Waals surface area contributed by atoms with Gasteiger partial charge in [-0.05, 0) is 53.9 Å². The Morgan fingerprint density at radius 2 is 2.00 bits per heavy atom. The average molecular weight is 341 g/mol. The second kappa shape index (κ2) is 7.53. The van der Waals surface area contributed by atoms with Gasteiger partial charge in [0.05, 0.1) is 5.60 Å². The van der Waals surface area contributed by atoms with Crippen LogP contribution in [-0.4, -0.2) is 30.8 Å². The van der Waals surface area contributed by atoms with Gasteiger partial charge in [0.15, 0.2) is 0 Å². The van der Waals surface area contributed by atoms with E-state index in [1.807, 2.05) is 26.6 Å². The predicted molar refractivity (Wildman–Crippen MR) is 85.9 cm³/mol. The van der Waals surface area contributed by atoms with Crippen LogP contribution in [0.15, 0.2) is 22.9 Å². The Bertz CT molecular complexity index is 417. The van der Waals surface area contributed by atoms with Crippen LogP contribution in [0.25, 0.3) is 0 Å². The summed E-state index contributed by atoms with van der Waals surface area (Å²) in [5.41, 5.74) is 1.22. The van der Waals surface area contributed by atoms with Crippen molar-refractivity contribution in [3.05, 3.63) is 28.5 Å². The van der Waals surface area contributed by atoms with Gasteiger partial charge in [0, 0.05) is 30.0 Å². The van der Waals surface area contributed by atoms with Crippen molar-refractivity contribution < 1.29 is 4.74 Å². The van der Waals surface area contributed by atoms with E-state index in [1.54, 1.807) is 0 Å². The van der Waals surface area contributed by atoms with Gasteiger partial charge in [-0.3, -0.25) is 4.98 Å². The van der Waals surface area contributed by atoms with Crippen LogP contribution in [0.3, 0.4) is 0 Å². The van der Waals surface area contributed by atoms with E-state index in [-0.39, 0.29) is 5.60 Å². The standard InChI is InChI=1S/C16H25BrN2O/c1-18-15(10-13-9-14(17)12-19-11-13)16(20-2)7-5-3-4-6-8-16/h9,11-12,15,18H,3-8,10H2,1-2H3. The summed E-state index contributed by atoms with van der Waals surface area (Å²) >= 11 is 3.50. The minimum absolute atomic E-state index is 0.0342. The molecule has 1 aliphatic carbocycles. The molecule has 20 heavy (non-hydrogen) atoms. The third-order valence-corrected chi connectivity index (χ3v) is 4.97. The maximum atomic E-state index is 6.02. The summed E-state index contributed by atoms with van der Waals surface area (Å²) in [5.74, 6) is 0. The van der Waals surface area contributed by atoms with E-state index >= 15 is 0 Å². The van der Waals surface area contributed by atoms with Gasteiger partial charge >= 0.3 is 0 Å². The molecule has 0 saturated heterocycles. The van der Waals surface area contributed by atoms with Crippen LogP contribution in [-0.2, 0) is 11.2 Å². The van der Waals surface area contributed by atoms with Crippen molar-refractivity contribution in [2.45, 2.75) is 56.6 Å². The zero-order valence-electron chi connectivity index (χ0n) is 12.5. The van der Waals surface area contributed by atoms with Gasteiger partial charge in [0.2, 0.25) is 0 Å². The highest BCUT2D eigenvalue weighted by molar-refractivity contribution is 9.10. The van der Waals surface area contributed by atoms with Crippen LogP contribution in [0.1, 0.15) is 44.1 Å². The Labute approximate surface area is 130 Å². The molecule has 1 heterocycles. The Kier molecular flexibility index (Phi) is 6.00. The fourth-order valence-electron chi connectivity index (χ4n) is 3.38. The molecule has 112 valence electrons. The minimum atomic E-state index is -0.0342. The van der Waals surface area contributed by atoms with Crippen molar-refractivity contribution in [3.8, 4) is 0 Å². The van der Waals surface area contributed by atoms with Crippen molar-refractivity contribution in [2.75, 3.05) is 14.2 Å². The van der Waals surface area contributed by atoms with Crippen molar-refractivity contribution >= 4 is 15.9 Å². The van der Waals surface area contributed by atoms with Gasteiger partial charge in [0.25, 0.3) is 0 Å². The number of methoxy groups -OCH3 is 1. The molecule has 4 heteroatoms. The van der Waals surface area contributed by atoms with E-state index in [1.165, 1.54) is 31.2 Å². The van der Waals surface area contributed by atoms with Crippen LogP contribution in [0.5, 0.6) is 0 Å². The van der Waals surface area contributed by atoms with E-state index < -0.39 is 0 Å². The van der Waals surface area contributed by atoms with E-state index in [9.17, 15) is 0 Å². The molecule has 1 atom stereocenters.